The van der Waals surface area contributed by atoms with Crippen molar-refractivity contribution in [3.8, 4) is 21.7 Å². The quantitative estimate of drug-likeness (QED) is 0.237. The third kappa shape index (κ3) is 8.15. The molecule has 0 amide bonds. The van der Waals surface area contributed by atoms with Crippen LogP contribution in [-0.4, -0.2) is 0 Å². The summed E-state index contributed by atoms with van der Waals surface area (Å²) >= 11 is -0.826. The Morgan fingerprint density at radius 3 is 1.22 bits per heavy atom. The minimum atomic E-state index is -0.826. The van der Waals surface area contributed by atoms with Crippen LogP contribution in [0.2, 0.25) is 0 Å². The third-order valence-corrected chi connectivity index (χ3v) is 6.00. The predicted octanol–water partition coefficient (Wildman–Crippen LogP) is 9.30. The van der Waals surface area contributed by atoms with Gasteiger partial charge in [-0.2, -0.15) is 12.1 Å². The molecule has 0 saturated carbocycles. The van der Waals surface area contributed by atoms with E-state index in [1.165, 1.54) is 48.7 Å². The first kappa shape index (κ1) is 22.7. The van der Waals surface area contributed by atoms with E-state index >= 15 is 0 Å². The molecule has 0 aliphatic rings. The summed E-state index contributed by atoms with van der Waals surface area (Å²) in [5.41, 5.74) is 2.68. The molecule has 0 N–H and O–H groups in total. The van der Waals surface area contributed by atoms with E-state index in [9.17, 15) is 0 Å². The molecular formula is C22H20Cl2P2Zr. The van der Waals surface area contributed by atoms with Gasteiger partial charge in [-0.3, -0.25) is 0 Å². The van der Waals surface area contributed by atoms with Crippen molar-refractivity contribution in [2.45, 2.75) is 13.8 Å². The van der Waals surface area contributed by atoms with Gasteiger partial charge in [0.05, 0.1) is 0 Å². The maximum absolute atomic E-state index is 4.93. The van der Waals surface area contributed by atoms with Crippen molar-refractivity contribution in [3.63, 3.8) is 0 Å². The standard InChI is InChI=1S/2C11H10P.2ClH.Zr/c2*1-9-7-8-11(12-9)10-5-3-2-4-6-10;;;/h2*2-8H,1H3;2*1H;/q2*-1;;;+4/p-2. The average molecular weight is 508 g/mol. The molecule has 0 fully saturated rings. The molecule has 0 nitrogen and oxygen atoms in total. The summed E-state index contributed by atoms with van der Waals surface area (Å²) in [5.74, 6) is 0. The molecule has 2 aromatic heterocycles. The first-order valence-corrected chi connectivity index (χ1v) is 16.5. The topological polar surface area (TPSA) is 0 Å². The van der Waals surface area contributed by atoms with Crippen LogP contribution >= 0.6 is 33.4 Å². The summed E-state index contributed by atoms with van der Waals surface area (Å²) in [4.78, 5) is 0. The maximum atomic E-state index is 4.93. The first-order valence-electron chi connectivity index (χ1n) is 8.42. The summed E-state index contributed by atoms with van der Waals surface area (Å²) in [6.07, 6.45) is 0. The number of hydrogen-bond acceptors (Lipinski definition) is 0. The number of hydrogen-bond donors (Lipinski definition) is 0. The molecule has 0 radical (unpaired) electrons. The van der Waals surface area contributed by atoms with Gasteiger partial charge in [-0.1, -0.05) is 85.6 Å². The normalized spacial score (nSPS) is 9.93. The zero-order valence-electron chi connectivity index (χ0n) is 15.2. The van der Waals surface area contributed by atoms with Crippen LogP contribution in [0.4, 0.5) is 0 Å². The second-order valence-electron chi connectivity index (χ2n) is 5.75. The fraction of sp³-hybridized carbons (Fsp3) is 0.0909. The van der Waals surface area contributed by atoms with Crippen molar-refractivity contribution >= 4 is 33.4 Å². The van der Waals surface area contributed by atoms with Gasteiger partial charge in [-0.25, -0.2) is 28.5 Å². The van der Waals surface area contributed by atoms with E-state index in [2.05, 4.69) is 98.8 Å². The molecule has 5 heteroatoms. The Morgan fingerprint density at radius 2 is 0.963 bits per heavy atom. The minimum absolute atomic E-state index is 0.826. The van der Waals surface area contributed by atoms with E-state index in [1.54, 1.807) is 0 Å². The van der Waals surface area contributed by atoms with Gasteiger partial charge in [0.25, 0.3) is 0 Å². The predicted molar refractivity (Wildman–Crippen MR) is 121 cm³/mol. The molecule has 2 heterocycles. The van der Waals surface area contributed by atoms with E-state index in [4.69, 9.17) is 17.0 Å². The van der Waals surface area contributed by atoms with Crippen LogP contribution in [0.5, 0.6) is 0 Å². The summed E-state index contributed by atoms with van der Waals surface area (Å²) in [7, 11) is 12.6. The molecule has 0 aliphatic heterocycles. The Morgan fingerprint density at radius 1 is 0.630 bits per heavy atom. The first-order chi connectivity index (χ1) is 13.1. The molecule has 4 aromatic rings. The Hall–Kier alpha value is -0.537. The fourth-order valence-corrected chi connectivity index (χ4v) is 4.38. The van der Waals surface area contributed by atoms with Gasteiger partial charge in [-0.15, -0.1) is 21.2 Å². The molecule has 0 bridgehead atoms. The van der Waals surface area contributed by atoms with E-state index in [-0.39, 0.29) is 0 Å². The Bertz CT molecular complexity index is 826. The summed E-state index contributed by atoms with van der Waals surface area (Å²) in [5, 5.41) is 5.67. The van der Waals surface area contributed by atoms with Crippen molar-refractivity contribution in [2.24, 2.45) is 0 Å². The van der Waals surface area contributed by atoms with Crippen molar-refractivity contribution in [1.82, 2.24) is 0 Å². The number of aryl methyl sites for hydroxylation is 2. The molecule has 0 aliphatic carbocycles. The van der Waals surface area contributed by atoms with Gasteiger partial charge in [0.1, 0.15) is 0 Å². The molecule has 136 valence electrons. The van der Waals surface area contributed by atoms with E-state index in [0.29, 0.717) is 0 Å². The van der Waals surface area contributed by atoms with Gasteiger partial charge in [0.15, 0.2) is 0 Å². The zero-order valence-corrected chi connectivity index (χ0v) is 21.0. The monoisotopic (exact) mass is 506 g/mol. The molecule has 27 heavy (non-hydrogen) atoms. The van der Waals surface area contributed by atoms with E-state index < -0.39 is 20.8 Å². The second-order valence-corrected chi connectivity index (χ2v) is 12.3. The van der Waals surface area contributed by atoms with Crippen molar-refractivity contribution in [1.29, 1.82) is 0 Å². The van der Waals surface area contributed by atoms with Gasteiger partial charge < -0.3 is 0 Å². The van der Waals surface area contributed by atoms with Gasteiger partial charge in [0, 0.05) is 0 Å². The van der Waals surface area contributed by atoms with Crippen LogP contribution in [0.25, 0.3) is 21.7 Å². The van der Waals surface area contributed by atoms with Crippen LogP contribution < -0.4 is 0 Å². The third-order valence-electron chi connectivity index (χ3n) is 3.70. The van der Waals surface area contributed by atoms with Gasteiger partial charge in [-0.05, 0) is 0 Å². The Kier molecular flexibility index (Phi) is 10.8. The van der Waals surface area contributed by atoms with E-state index in [1.807, 2.05) is 0 Å². The van der Waals surface area contributed by atoms with Gasteiger partial charge >= 0.3 is 37.9 Å². The van der Waals surface area contributed by atoms with Crippen LogP contribution in [0.15, 0.2) is 84.9 Å². The fourth-order valence-electron chi connectivity index (χ4n) is 2.47. The average Bonchev–Trinajstić information content (AvgIpc) is 3.33. The Labute approximate surface area is 184 Å². The van der Waals surface area contributed by atoms with Crippen molar-refractivity contribution < 1.29 is 20.8 Å². The molecule has 2 aromatic carbocycles. The van der Waals surface area contributed by atoms with E-state index in [0.717, 1.165) is 0 Å². The molecule has 0 atom stereocenters. The van der Waals surface area contributed by atoms with Crippen LogP contribution in [0, 0.1) is 13.8 Å². The molecule has 0 saturated heterocycles. The molecule has 0 unspecified atom stereocenters. The zero-order chi connectivity index (χ0) is 19.5. The van der Waals surface area contributed by atoms with Crippen LogP contribution in [-0.2, 0) is 20.8 Å². The number of halogens is 2. The second kappa shape index (κ2) is 12.8. The number of benzene rings is 2. The SMILES string of the molecule is C[c-]1ccc(-c2ccccc2)p1.C[c-]1ccc(-c2ccccc2)p1.[Cl][Zr+2][Cl]. The van der Waals surface area contributed by atoms with Crippen LogP contribution in [0.1, 0.15) is 10.6 Å². The summed E-state index contributed by atoms with van der Waals surface area (Å²) < 4.78 is 0. The summed E-state index contributed by atoms with van der Waals surface area (Å²) in [6.45, 7) is 4.32. The number of rotatable bonds is 2. The summed E-state index contributed by atoms with van der Waals surface area (Å²) in [6, 6.07) is 29.8. The van der Waals surface area contributed by atoms with Gasteiger partial charge in [0.2, 0.25) is 0 Å². The van der Waals surface area contributed by atoms with Crippen molar-refractivity contribution in [2.75, 3.05) is 0 Å². The molecular weight excluding hydrogens is 488 g/mol. The molecule has 0 spiro atoms. The van der Waals surface area contributed by atoms with Crippen LogP contribution in [0.3, 0.4) is 0 Å². The van der Waals surface area contributed by atoms with Crippen molar-refractivity contribution in [3.05, 3.63) is 95.5 Å². The Balaban J connectivity index is 0.000000170. The molecule has 4 rings (SSSR count).